The normalized spacial score (nSPS) is 14.5. The molecule has 0 N–H and O–H groups in total. The summed E-state index contributed by atoms with van der Waals surface area (Å²) in [5.74, 6) is 1.94. The third kappa shape index (κ3) is 3.39. The largest absolute Gasteiger partial charge is 0.458 e. The molecule has 0 unspecified atom stereocenters. The van der Waals surface area contributed by atoms with Crippen LogP contribution in [0, 0.1) is 0 Å². The van der Waals surface area contributed by atoms with Crippen LogP contribution in [0.2, 0.25) is 0 Å². The summed E-state index contributed by atoms with van der Waals surface area (Å²) in [5.41, 5.74) is 13.2. The van der Waals surface area contributed by atoms with Gasteiger partial charge in [0.1, 0.15) is 11.5 Å². The third-order valence-corrected chi connectivity index (χ3v) is 10.6. The smallest absolute Gasteiger partial charge is 0.268 e. The number of anilines is 3. The third-order valence-electron chi connectivity index (χ3n) is 9.38. The lowest BCUT2D eigenvalue weighted by molar-refractivity contribution is 0.488. The zero-order valence-corrected chi connectivity index (χ0v) is 24.9. The molecular formula is C38H30BNOS. The lowest BCUT2D eigenvalue weighted by Gasteiger charge is -2.39. The van der Waals surface area contributed by atoms with Gasteiger partial charge in [-0.2, -0.15) is 0 Å². The van der Waals surface area contributed by atoms with Crippen LogP contribution in [0.1, 0.15) is 37.5 Å². The van der Waals surface area contributed by atoms with Gasteiger partial charge in [0.15, 0.2) is 0 Å². The fraction of sp³-hybridized carbons (Fsp3) is 0.158. The zero-order chi connectivity index (χ0) is 28.2. The Kier molecular flexibility index (Phi) is 5.00. The average molecular weight is 560 g/mol. The van der Waals surface area contributed by atoms with Crippen molar-refractivity contribution < 1.29 is 4.74 Å². The minimum absolute atomic E-state index is 0.0634. The Balaban J connectivity index is 1.40. The number of aryl methyl sites for hydroxylation is 1. The molecule has 0 atom stereocenters. The summed E-state index contributed by atoms with van der Waals surface area (Å²) in [4.78, 5) is 2.52. The summed E-state index contributed by atoms with van der Waals surface area (Å²) in [5, 5.41) is 1.33. The molecule has 9 rings (SSSR count). The molecule has 0 bridgehead atoms. The van der Waals surface area contributed by atoms with Crippen molar-refractivity contribution in [3.05, 3.63) is 120 Å². The molecule has 0 saturated carbocycles. The van der Waals surface area contributed by atoms with Crippen molar-refractivity contribution in [2.75, 3.05) is 4.90 Å². The second-order valence-electron chi connectivity index (χ2n) is 12.9. The maximum absolute atomic E-state index is 6.79. The lowest BCUT2D eigenvalue weighted by Crippen LogP contribution is -2.58. The molecule has 0 amide bonds. The summed E-state index contributed by atoms with van der Waals surface area (Å²) in [6, 6.07) is 38.2. The molecule has 2 aliphatic heterocycles. The van der Waals surface area contributed by atoms with Crippen molar-refractivity contribution in [2.24, 2.45) is 0 Å². The van der Waals surface area contributed by atoms with Gasteiger partial charge in [-0.1, -0.05) is 81.4 Å². The van der Waals surface area contributed by atoms with Crippen LogP contribution >= 0.6 is 11.3 Å². The van der Waals surface area contributed by atoms with E-state index in [1.54, 1.807) is 0 Å². The maximum atomic E-state index is 6.79. The number of hydrogen-bond acceptors (Lipinski definition) is 3. The SMILES string of the molecule is CC(C)(C)c1ccc2sc3c(c2c1)N(c1ccccc1)c1cc(-c2cccc4c2CC4)cc2c1B3c1ccccc1O2. The van der Waals surface area contributed by atoms with Crippen molar-refractivity contribution in [1.82, 2.24) is 0 Å². The van der Waals surface area contributed by atoms with E-state index in [1.165, 1.54) is 77.1 Å². The predicted octanol–water partition coefficient (Wildman–Crippen LogP) is 8.37. The van der Waals surface area contributed by atoms with Crippen LogP contribution in [0.25, 0.3) is 21.2 Å². The van der Waals surface area contributed by atoms with E-state index in [0.717, 1.165) is 17.9 Å². The van der Waals surface area contributed by atoms with Crippen LogP contribution in [0.3, 0.4) is 0 Å². The second kappa shape index (κ2) is 8.62. The Labute approximate surface area is 251 Å². The van der Waals surface area contributed by atoms with Crippen molar-refractivity contribution in [1.29, 1.82) is 0 Å². The van der Waals surface area contributed by atoms with E-state index in [0.29, 0.717) is 0 Å². The first kappa shape index (κ1) is 24.3. The van der Waals surface area contributed by atoms with Gasteiger partial charge in [-0.05, 0) is 99.5 Å². The van der Waals surface area contributed by atoms with Gasteiger partial charge in [0.05, 0.1) is 5.69 Å². The molecule has 1 aliphatic carbocycles. The maximum Gasteiger partial charge on any atom is 0.268 e. The summed E-state index contributed by atoms with van der Waals surface area (Å²) < 4.78 is 9.51. The molecular weight excluding hydrogens is 529 g/mol. The summed E-state index contributed by atoms with van der Waals surface area (Å²) >= 11 is 1.94. The highest BCUT2D eigenvalue weighted by molar-refractivity contribution is 7.33. The molecule has 1 aromatic heterocycles. The molecule has 0 spiro atoms. The lowest BCUT2D eigenvalue weighted by atomic mass is 9.37. The van der Waals surface area contributed by atoms with Gasteiger partial charge in [-0.25, -0.2) is 0 Å². The molecule has 3 heterocycles. The highest BCUT2D eigenvalue weighted by atomic mass is 32.1. The van der Waals surface area contributed by atoms with Gasteiger partial charge in [0, 0.05) is 26.2 Å². The quantitative estimate of drug-likeness (QED) is 0.197. The molecule has 6 aromatic rings. The number of thiophene rings is 1. The topological polar surface area (TPSA) is 12.5 Å². The molecule has 0 radical (unpaired) electrons. The number of fused-ring (bicyclic) bond motifs is 7. The Hall–Kier alpha value is -4.28. The molecule has 0 fully saturated rings. The Bertz CT molecular complexity index is 2070. The summed E-state index contributed by atoms with van der Waals surface area (Å²) in [6.45, 7) is 7.04. The van der Waals surface area contributed by atoms with Gasteiger partial charge in [-0.3, -0.25) is 0 Å². The van der Waals surface area contributed by atoms with E-state index >= 15 is 0 Å². The summed E-state index contributed by atoms with van der Waals surface area (Å²) in [7, 11) is 0. The van der Waals surface area contributed by atoms with Crippen molar-refractivity contribution >= 4 is 60.9 Å². The van der Waals surface area contributed by atoms with Crippen LogP contribution < -0.4 is 25.3 Å². The Morgan fingerprint density at radius 1 is 0.786 bits per heavy atom. The molecule has 202 valence electrons. The molecule has 0 saturated heterocycles. The minimum atomic E-state index is 0.0634. The molecule has 3 aliphatic rings. The van der Waals surface area contributed by atoms with E-state index in [4.69, 9.17) is 4.74 Å². The molecule has 42 heavy (non-hydrogen) atoms. The fourth-order valence-corrected chi connectivity index (χ4v) is 8.46. The van der Waals surface area contributed by atoms with E-state index in [-0.39, 0.29) is 12.1 Å². The monoisotopic (exact) mass is 559 g/mol. The minimum Gasteiger partial charge on any atom is -0.458 e. The van der Waals surface area contributed by atoms with Crippen molar-refractivity contribution in [2.45, 2.75) is 39.0 Å². The van der Waals surface area contributed by atoms with Crippen LogP contribution in [0.4, 0.5) is 17.1 Å². The second-order valence-corrected chi connectivity index (χ2v) is 14.0. The first-order valence-electron chi connectivity index (χ1n) is 14.9. The zero-order valence-electron chi connectivity index (χ0n) is 24.1. The highest BCUT2D eigenvalue weighted by Gasteiger charge is 2.44. The Morgan fingerprint density at radius 3 is 2.43 bits per heavy atom. The predicted molar refractivity (Wildman–Crippen MR) is 179 cm³/mol. The van der Waals surface area contributed by atoms with Crippen LogP contribution in [0.15, 0.2) is 103 Å². The number of para-hydroxylation sites is 2. The summed E-state index contributed by atoms with van der Waals surface area (Å²) in [6.07, 6.45) is 2.31. The van der Waals surface area contributed by atoms with Gasteiger partial charge in [0.25, 0.3) is 6.71 Å². The number of nitrogens with zero attached hydrogens (tertiary/aromatic N) is 1. The standard InChI is InChI=1S/C38H30BNOS/c1-38(2,3)25-17-19-34-29(22-25)36-37(42-34)39-30-14-7-8-15-32(30)41-33-21-24(27-13-9-10-23-16-18-28(23)27)20-31(35(33)39)40(36)26-11-5-4-6-12-26/h4-15,17,19-22H,16,18H2,1-3H3. The van der Waals surface area contributed by atoms with Crippen molar-refractivity contribution in [3.63, 3.8) is 0 Å². The number of benzene rings is 5. The van der Waals surface area contributed by atoms with Gasteiger partial charge >= 0.3 is 0 Å². The molecule has 4 heteroatoms. The highest BCUT2D eigenvalue weighted by Crippen LogP contribution is 2.48. The number of hydrogen-bond donors (Lipinski definition) is 0. The average Bonchev–Trinajstić information content (AvgIpc) is 3.36. The van der Waals surface area contributed by atoms with Crippen LogP contribution in [0.5, 0.6) is 11.5 Å². The van der Waals surface area contributed by atoms with E-state index in [9.17, 15) is 0 Å². The van der Waals surface area contributed by atoms with Gasteiger partial charge in [0.2, 0.25) is 0 Å². The first-order chi connectivity index (χ1) is 20.5. The van der Waals surface area contributed by atoms with E-state index in [1.807, 2.05) is 11.3 Å². The van der Waals surface area contributed by atoms with Crippen LogP contribution in [-0.4, -0.2) is 6.71 Å². The Morgan fingerprint density at radius 2 is 1.62 bits per heavy atom. The van der Waals surface area contributed by atoms with E-state index < -0.39 is 0 Å². The number of rotatable bonds is 2. The van der Waals surface area contributed by atoms with Crippen LogP contribution in [-0.2, 0) is 18.3 Å². The fourth-order valence-electron chi connectivity index (χ4n) is 7.16. The van der Waals surface area contributed by atoms with Gasteiger partial charge < -0.3 is 9.64 Å². The molecule has 2 nitrogen and oxygen atoms in total. The van der Waals surface area contributed by atoms with E-state index in [2.05, 4.69) is 129 Å². The molecule has 5 aromatic carbocycles. The first-order valence-corrected chi connectivity index (χ1v) is 15.8. The van der Waals surface area contributed by atoms with Crippen molar-refractivity contribution in [3.8, 4) is 22.6 Å². The number of ether oxygens (including phenoxy) is 1. The van der Waals surface area contributed by atoms with Gasteiger partial charge in [-0.15, -0.1) is 11.3 Å².